The van der Waals surface area contributed by atoms with Crippen molar-refractivity contribution in [3.05, 3.63) is 18.3 Å². The predicted molar refractivity (Wildman–Crippen MR) is 56.9 cm³/mol. The maximum absolute atomic E-state index is 8.70. The Morgan fingerprint density at radius 1 is 0.944 bits per heavy atom. The van der Waals surface area contributed by atoms with Crippen molar-refractivity contribution >= 4 is 16.5 Å². The van der Waals surface area contributed by atoms with E-state index < -0.39 is 16.5 Å². The summed E-state index contributed by atoms with van der Waals surface area (Å²) >= 11 is 0. The summed E-state index contributed by atoms with van der Waals surface area (Å²) in [5.74, 6) is 0. The van der Waals surface area contributed by atoms with Crippen molar-refractivity contribution in [1.29, 1.82) is 0 Å². The van der Waals surface area contributed by atoms with Crippen molar-refractivity contribution in [1.82, 2.24) is 0 Å². The number of rotatable bonds is 1. The molecule has 5 N–H and O–H groups in total. The van der Waals surface area contributed by atoms with Crippen molar-refractivity contribution in [2.24, 2.45) is 0 Å². The van der Waals surface area contributed by atoms with E-state index >= 15 is 0 Å². The molecule has 0 amide bonds. The molecular formula is C7H15Na2O7P2+3. The molecule has 1 saturated carbocycles. The van der Waals surface area contributed by atoms with Crippen molar-refractivity contribution in [2.45, 2.75) is 25.7 Å². The predicted octanol–water partition coefficient (Wildman–Crippen LogP) is -4.71. The van der Waals surface area contributed by atoms with Crippen molar-refractivity contribution in [2.75, 3.05) is 0 Å². The molecule has 0 spiro atoms. The van der Waals surface area contributed by atoms with Crippen LogP contribution in [0.2, 0.25) is 0 Å². The van der Waals surface area contributed by atoms with Gasteiger partial charge in [0.2, 0.25) is 0 Å². The summed E-state index contributed by atoms with van der Waals surface area (Å²) in [7, 11) is -5.74. The van der Waals surface area contributed by atoms with E-state index in [9.17, 15) is 0 Å². The molecule has 0 aromatic heterocycles. The van der Waals surface area contributed by atoms with Gasteiger partial charge in [-0.3, -0.25) is 0 Å². The smallest absolute Gasteiger partial charge is 0.458 e. The van der Waals surface area contributed by atoms with E-state index in [0.717, 1.165) is 6.61 Å². The van der Waals surface area contributed by atoms with Crippen LogP contribution in [0.1, 0.15) is 25.7 Å². The molecular weight excluding hydrogens is 304 g/mol. The zero-order valence-corrected chi connectivity index (χ0v) is 16.2. The van der Waals surface area contributed by atoms with Gasteiger partial charge in [0, 0.05) is 9.13 Å². The Morgan fingerprint density at radius 3 is 1.44 bits per heavy atom. The zero-order valence-electron chi connectivity index (χ0n) is 10.4. The van der Waals surface area contributed by atoms with E-state index in [1.54, 1.807) is 0 Å². The topological polar surface area (TPSA) is 135 Å². The molecule has 7 nitrogen and oxygen atoms in total. The first-order chi connectivity index (χ1) is 7.40. The van der Waals surface area contributed by atoms with E-state index in [4.69, 9.17) is 33.8 Å². The molecule has 1 fully saturated rings. The summed E-state index contributed by atoms with van der Waals surface area (Å²) < 4.78 is 17.4. The van der Waals surface area contributed by atoms with Gasteiger partial charge in [-0.25, -0.2) is 11.6 Å². The van der Waals surface area contributed by atoms with Gasteiger partial charge in [0.15, 0.2) is 0 Å². The zero-order chi connectivity index (χ0) is 13.0. The van der Waals surface area contributed by atoms with Gasteiger partial charge in [-0.1, -0.05) is 25.7 Å². The van der Waals surface area contributed by atoms with E-state index in [1.165, 1.54) is 31.3 Å². The molecule has 11 heteroatoms. The van der Waals surface area contributed by atoms with Gasteiger partial charge in [0.1, 0.15) is 0 Å². The maximum atomic E-state index is 8.70. The molecule has 0 atom stereocenters. The average molecular weight is 319 g/mol. The van der Waals surface area contributed by atoms with Gasteiger partial charge >= 0.3 is 75.6 Å². The largest absolute Gasteiger partial charge is 1.00 e. The number of aliphatic hydroxyl groups is 1. The third-order valence-electron chi connectivity index (χ3n) is 1.56. The molecule has 1 aliphatic carbocycles. The third kappa shape index (κ3) is 36.0. The van der Waals surface area contributed by atoms with Crippen LogP contribution < -0.4 is 59.1 Å². The van der Waals surface area contributed by atoms with E-state index in [0.29, 0.717) is 0 Å². The van der Waals surface area contributed by atoms with Gasteiger partial charge in [0.25, 0.3) is 0 Å². The van der Waals surface area contributed by atoms with Crippen LogP contribution in [0.25, 0.3) is 0 Å². The summed E-state index contributed by atoms with van der Waals surface area (Å²) in [6.45, 7) is 1.14. The molecule has 0 radical (unpaired) electrons. The number of hydrogen-bond donors (Lipinski definition) is 5. The quantitative estimate of drug-likeness (QED) is 0.186. The van der Waals surface area contributed by atoms with Crippen LogP contribution in [0.15, 0.2) is 11.6 Å². The second-order valence-electron chi connectivity index (χ2n) is 2.69. The Labute approximate surface area is 152 Å². The minimum absolute atomic E-state index is 0. The second kappa shape index (κ2) is 20.9. The molecule has 0 heterocycles. The standard InChI is InChI=1S/C7H11O.2Na.2HO3P/c8-6-5-7-3-1-2-4-7;;;2*1-4(2)3/h5-6,8H,1-4H2;;;2*(H-,1,2,3)/q-1;2*+1;;/p+2. The van der Waals surface area contributed by atoms with Crippen molar-refractivity contribution < 1.29 is 92.9 Å². The van der Waals surface area contributed by atoms with Gasteiger partial charge in [-0.05, 0) is 0 Å². The molecule has 0 bridgehead atoms. The number of hydrogen-bond acceptors (Lipinski definition) is 3. The fourth-order valence-corrected chi connectivity index (χ4v) is 1.10. The molecule has 0 aromatic rings. The van der Waals surface area contributed by atoms with Crippen LogP contribution >= 0.6 is 16.5 Å². The van der Waals surface area contributed by atoms with Crippen LogP contribution in [0.3, 0.4) is 0 Å². The first kappa shape index (κ1) is 27.9. The number of allylic oxidation sites excluding steroid dienone is 1. The average Bonchev–Trinajstić information content (AvgIpc) is 2.55. The molecule has 1 aliphatic rings. The molecule has 1 rings (SSSR count). The Hall–Kier alpha value is 1.61. The van der Waals surface area contributed by atoms with Crippen molar-refractivity contribution in [3.8, 4) is 0 Å². The van der Waals surface area contributed by atoms with E-state index in [1.807, 2.05) is 6.08 Å². The van der Waals surface area contributed by atoms with Crippen LogP contribution in [0.5, 0.6) is 0 Å². The summed E-state index contributed by atoms with van der Waals surface area (Å²) in [4.78, 5) is 28.5. The number of aliphatic hydroxyl groups excluding tert-OH is 1. The molecule has 0 saturated heterocycles. The van der Waals surface area contributed by atoms with Crippen LogP contribution in [-0.2, 0) is 9.13 Å². The molecule has 0 aromatic carbocycles. The molecule has 0 aliphatic heterocycles. The van der Waals surface area contributed by atoms with Gasteiger partial charge in [0.05, 0.1) is 0 Å². The van der Waals surface area contributed by atoms with Crippen LogP contribution in [0.4, 0.5) is 0 Å². The van der Waals surface area contributed by atoms with Crippen LogP contribution in [0, 0.1) is 6.61 Å². The molecule has 94 valence electrons. The normalized spacial score (nSPS) is 11.3. The Balaban J connectivity index is -0.0000000860. The van der Waals surface area contributed by atoms with Gasteiger partial charge in [-0.2, -0.15) is 0 Å². The van der Waals surface area contributed by atoms with Crippen LogP contribution in [-0.4, -0.2) is 24.7 Å². The van der Waals surface area contributed by atoms with Crippen molar-refractivity contribution in [3.63, 3.8) is 0 Å². The first-order valence-corrected chi connectivity index (χ1v) is 6.58. The second-order valence-corrected chi connectivity index (χ2v) is 3.70. The molecule has 0 unspecified atom stereocenters. The third-order valence-corrected chi connectivity index (χ3v) is 1.56. The minimum Gasteiger partial charge on any atom is -0.458 e. The Morgan fingerprint density at radius 2 is 1.22 bits per heavy atom. The van der Waals surface area contributed by atoms with E-state index in [-0.39, 0.29) is 59.1 Å². The Bertz CT molecular complexity index is 222. The van der Waals surface area contributed by atoms with Gasteiger partial charge < -0.3 is 5.11 Å². The first-order valence-electron chi connectivity index (χ1n) is 4.25. The minimum atomic E-state index is -2.87. The summed E-state index contributed by atoms with van der Waals surface area (Å²) in [6.07, 6.45) is 6.81. The Kier molecular flexibility index (Phi) is 32.4. The maximum Gasteiger partial charge on any atom is 1.00 e. The summed E-state index contributed by atoms with van der Waals surface area (Å²) in [5.41, 5.74) is 1.40. The summed E-state index contributed by atoms with van der Waals surface area (Å²) in [6, 6.07) is 0. The SMILES string of the molecule is O=[P+](O)O.O=[P+](O)O.O[CH-]C=C1CCCC1.[Na+].[Na+]. The fraction of sp³-hybridized carbons (Fsp3) is 0.571. The van der Waals surface area contributed by atoms with Gasteiger partial charge in [-0.15, -0.1) is 26.2 Å². The van der Waals surface area contributed by atoms with E-state index in [2.05, 4.69) is 0 Å². The molecule has 18 heavy (non-hydrogen) atoms. The fourth-order valence-electron chi connectivity index (χ4n) is 1.10. The summed E-state index contributed by atoms with van der Waals surface area (Å²) in [5, 5.41) is 8.33. The monoisotopic (exact) mass is 319 g/mol.